The van der Waals surface area contributed by atoms with Gasteiger partial charge in [-0.2, -0.15) is 5.10 Å². The molecule has 0 saturated heterocycles. The Morgan fingerprint density at radius 1 is 1.30 bits per heavy atom. The molecule has 0 radical (unpaired) electrons. The Labute approximate surface area is 119 Å². The highest BCUT2D eigenvalue weighted by atomic mass is 16.5. The zero-order valence-electron chi connectivity index (χ0n) is 12.4. The zero-order valence-corrected chi connectivity index (χ0v) is 12.4. The van der Waals surface area contributed by atoms with Gasteiger partial charge in [-0.15, -0.1) is 0 Å². The molecule has 0 aliphatic carbocycles. The maximum atomic E-state index is 5.48. The van der Waals surface area contributed by atoms with E-state index in [2.05, 4.69) is 17.3 Å². The molecule has 0 amide bonds. The average molecular weight is 275 g/mol. The van der Waals surface area contributed by atoms with Gasteiger partial charge < -0.3 is 14.8 Å². The summed E-state index contributed by atoms with van der Waals surface area (Å²) in [7, 11) is 5.24. The first-order chi connectivity index (χ1) is 9.73. The maximum absolute atomic E-state index is 5.48. The molecule has 5 heteroatoms. The van der Waals surface area contributed by atoms with E-state index in [0.29, 0.717) is 0 Å². The van der Waals surface area contributed by atoms with E-state index >= 15 is 0 Å². The maximum Gasteiger partial charge on any atom is 0.127 e. The van der Waals surface area contributed by atoms with Crippen LogP contribution in [-0.4, -0.2) is 31.0 Å². The zero-order chi connectivity index (χ0) is 14.5. The molecule has 0 fully saturated rings. The van der Waals surface area contributed by atoms with Gasteiger partial charge in [0.1, 0.15) is 11.5 Å². The summed E-state index contributed by atoms with van der Waals surface area (Å²) in [5.74, 6) is 1.58. The number of benzene rings is 1. The molecule has 1 heterocycles. The molecular formula is C15H21N3O2. The van der Waals surface area contributed by atoms with Crippen LogP contribution in [-0.2, 0) is 6.54 Å². The Balaban J connectivity index is 2.40. The molecule has 2 rings (SSSR count). The van der Waals surface area contributed by atoms with Crippen LogP contribution in [0, 0.1) is 0 Å². The van der Waals surface area contributed by atoms with Crippen LogP contribution < -0.4 is 14.8 Å². The second-order valence-corrected chi connectivity index (χ2v) is 4.46. The van der Waals surface area contributed by atoms with E-state index in [0.717, 1.165) is 29.2 Å². The lowest BCUT2D eigenvalue weighted by atomic mass is 10.0. The number of nitrogens with zero attached hydrogens (tertiary/aromatic N) is 2. The molecule has 0 aliphatic heterocycles. The molecule has 108 valence electrons. The van der Waals surface area contributed by atoms with Crippen LogP contribution in [0.15, 0.2) is 30.6 Å². The smallest absolute Gasteiger partial charge is 0.127 e. The minimum Gasteiger partial charge on any atom is -0.497 e. The fourth-order valence-electron chi connectivity index (χ4n) is 2.26. The van der Waals surface area contributed by atoms with Gasteiger partial charge in [-0.1, -0.05) is 0 Å². The molecule has 1 atom stereocenters. The van der Waals surface area contributed by atoms with Crippen molar-refractivity contribution in [2.24, 2.45) is 0 Å². The quantitative estimate of drug-likeness (QED) is 0.878. The van der Waals surface area contributed by atoms with Gasteiger partial charge in [-0.3, -0.25) is 4.68 Å². The summed E-state index contributed by atoms with van der Waals surface area (Å²) in [6.07, 6.45) is 3.93. The second kappa shape index (κ2) is 6.43. The van der Waals surface area contributed by atoms with Crippen LogP contribution in [0.4, 0.5) is 0 Å². The normalized spacial score (nSPS) is 12.2. The van der Waals surface area contributed by atoms with Gasteiger partial charge in [0.15, 0.2) is 0 Å². The Kier molecular flexibility index (Phi) is 4.63. The highest BCUT2D eigenvalue weighted by Crippen LogP contribution is 2.32. The number of ether oxygens (including phenoxy) is 2. The van der Waals surface area contributed by atoms with Gasteiger partial charge in [0.05, 0.1) is 26.5 Å². The van der Waals surface area contributed by atoms with E-state index in [-0.39, 0.29) is 6.04 Å². The van der Waals surface area contributed by atoms with Crippen LogP contribution in [0.3, 0.4) is 0 Å². The summed E-state index contributed by atoms with van der Waals surface area (Å²) in [5.41, 5.74) is 2.17. The number of rotatable bonds is 6. The van der Waals surface area contributed by atoms with Crippen LogP contribution in [0.5, 0.6) is 11.5 Å². The highest BCUT2D eigenvalue weighted by molar-refractivity contribution is 5.45. The second-order valence-electron chi connectivity index (χ2n) is 4.46. The third kappa shape index (κ3) is 2.77. The molecule has 0 aliphatic rings. The SMILES string of the molecule is CCn1cc(C(NC)c2ccc(OC)cc2OC)cn1. The first-order valence-corrected chi connectivity index (χ1v) is 6.65. The number of hydrogen-bond acceptors (Lipinski definition) is 4. The highest BCUT2D eigenvalue weighted by Gasteiger charge is 2.18. The van der Waals surface area contributed by atoms with E-state index in [4.69, 9.17) is 9.47 Å². The molecule has 5 nitrogen and oxygen atoms in total. The van der Waals surface area contributed by atoms with E-state index in [1.54, 1.807) is 14.2 Å². The molecule has 0 bridgehead atoms. The number of methoxy groups -OCH3 is 2. The van der Waals surface area contributed by atoms with Crippen LogP contribution in [0.2, 0.25) is 0 Å². The predicted octanol–water partition coefficient (Wildman–Crippen LogP) is 2.23. The first kappa shape index (κ1) is 14.4. The lowest BCUT2D eigenvalue weighted by molar-refractivity contribution is 0.388. The number of hydrogen-bond donors (Lipinski definition) is 1. The van der Waals surface area contributed by atoms with Crippen molar-refractivity contribution in [1.29, 1.82) is 0 Å². The van der Waals surface area contributed by atoms with Crippen molar-refractivity contribution in [3.05, 3.63) is 41.7 Å². The molecule has 1 aromatic carbocycles. The number of aryl methyl sites for hydroxylation is 1. The molecule has 1 unspecified atom stereocenters. The largest absolute Gasteiger partial charge is 0.497 e. The molecule has 0 saturated carbocycles. The minimum atomic E-state index is 0.0381. The van der Waals surface area contributed by atoms with Gasteiger partial charge in [0.25, 0.3) is 0 Å². The summed E-state index contributed by atoms with van der Waals surface area (Å²) < 4.78 is 12.6. The van der Waals surface area contributed by atoms with Crippen molar-refractivity contribution >= 4 is 0 Å². The Hall–Kier alpha value is -2.01. The van der Waals surface area contributed by atoms with Crippen LogP contribution in [0.25, 0.3) is 0 Å². The molecular weight excluding hydrogens is 254 g/mol. The van der Waals surface area contributed by atoms with Gasteiger partial charge in [0, 0.05) is 29.9 Å². The molecule has 2 aromatic rings. The lowest BCUT2D eigenvalue weighted by Gasteiger charge is -2.18. The Morgan fingerprint density at radius 2 is 2.10 bits per heavy atom. The van der Waals surface area contributed by atoms with Crippen molar-refractivity contribution in [2.75, 3.05) is 21.3 Å². The average Bonchev–Trinajstić information content (AvgIpc) is 2.97. The summed E-state index contributed by atoms with van der Waals surface area (Å²) >= 11 is 0. The number of nitrogens with one attached hydrogen (secondary N) is 1. The Morgan fingerprint density at radius 3 is 2.65 bits per heavy atom. The molecule has 0 spiro atoms. The minimum absolute atomic E-state index is 0.0381. The fourth-order valence-corrected chi connectivity index (χ4v) is 2.26. The standard InChI is InChI=1S/C15H21N3O2/c1-5-18-10-11(9-17-18)15(16-2)13-7-6-12(19-3)8-14(13)20-4/h6-10,15-16H,5H2,1-4H3. The summed E-state index contributed by atoms with van der Waals surface area (Å²) in [4.78, 5) is 0. The van der Waals surface area contributed by atoms with Crippen LogP contribution in [0.1, 0.15) is 24.1 Å². The van der Waals surface area contributed by atoms with Gasteiger partial charge in [0.2, 0.25) is 0 Å². The first-order valence-electron chi connectivity index (χ1n) is 6.65. The van der Waals surface area contributed by atoms with E-state index < -0.39 is 0 Å². The van der Waals surface area contributed by atoms with Gasteiger partial charge in [-0.05, 0) is 26.1 Å². The molecule has 1 aromatic heterocycles. The summed E-state index contributed by atoms with van der Waals surface area (Å²) in [6, 6.07) is 5.88. The predicted molar refractivity (Wildman–Crippen MR) is 78.3 cm³/mol. The third-order valence-corrected chi connectivity index (χ3v) is 3.35. The van der Waals surface area contributed by atoms with E-state index in [1.165, 1.54) is 0 Å². The number of aromatic nitrogens is 2. The van der Waals surface area contributed by atoms with Gasteiger partial charge in [-0.25, -0.2) is 0 Å². The third-order valence-electron chi connectivity index (χ3n) is 3.35. The summed E-state index contributed by atoms with van der Waals surface area (Å²) in [5, 5.41) is 7.64. The van der Waals surface area contributed by atoms with Crippen molar-refractivity contribution in [3.8, 4) is 11.5 Å². The monoisotopic (exact) mass is 275 g/mol. The van der Waals surface area contributed by atoms with Gasteiger partial charge >= 0.3 is 0 Å². The van der Waals surface area contributed by atoms with E-state index in [1.807, 2.05) is 42.3 Å². The Bertz CT molecular complexity index is 566. The molecule has 20 heavy (non-hydrogen) atoms. The van der Waals surface area contributed by atoms with E-state index in [9.17, 15) is 0 Å². The topological polar surface area (TPSA) is 48.3 Å². The van der Waals surface area contributed by atoms with Crippen molar-refractivity contribution in [3.63, 3.8) is 0 Å². The van der Waals surface area contributed by atoms with Crippen molar-refractivity contribution < 1.29 is 9.47 Å². The lowest BCUT2D eigenvalue weighted by Crippen LogP contribution is -2.18. The summed E-state index contributed by atoms with van der Waals surface area (Å²) in [6.45, 7) is 2.93. The van der Waals surface area contributed by atoms with Crippen molar-refractivity contribution in [2.45, 2.75) is 19.5 Å². The molecule has 1 N–H and O–H groups in total. The van der Waals surface area contributed by atoms with Crippen molar-refractivity contribution in [1.82, 2.24) is 15.1 Å². The fraction of sp³-hybridized carbons (Fsp3) is 0.400. The van der Waals surface area contributed by atoms with Crippen LogP contribution >= 0.6 is 0 Å².